The molecule has 0 aliphatic carbocycles. The molecular weight excluding hydrogens is 238 g/mol. The number of hydrogen-bond acceptors (Lipinski definition) is 4. The van der Waals surface area contributed by atoms with Gasteiger partial charge in [-0.2, -0.15) is 0 Å². The van der Waals surface area contributed by atoms with E-state index in [0.717, 1.165) is 25.6 Å². The van der Waals surface area contributed by atoms with Crippen LogP contribution in [0.3, 0.4) is 0 Å². The van der Waals surface area contributed by atoms with Crippen molar-refractivity contribution in [1.29, 1.82) is 0 Å². The van der Waals surface area contributed by atoms with Crippen LogP contribution in [0.1, 0.15) is 33.1 Å². The van der Waals surface area contributed by atoms with Gasteiger partial charge in [-0.1, -0.05) is 13.8 Å². The van der Waals surface area contributed by atoms with E-state index < -0.39 is 0 Å². The number of nitrogens with zero attached hydrogens (tertiary/aromatic N) is 2. The van der Waals surface area contributed by atoms with Crippen molar-refractivity contribution in [2.45, 2.75) is 45.2 Å². The molecular formula is C15H31N3O. The fraction of sp³-hybridized carbons (Fsp3) is 1.00. The first-order valence-corrected chi connectivity index (χ1v) is 7.99. The third-order valence-electron chi connectivity index (χ3n) is 4.48. The van der Waals surface area contributed by atoms with E-state index in [9.17, 15) is 5.11 Å². The second-order valence-electron chi connectivity index (χ2n) is 6.61. The molecule has 2 saturated heterocycles. The zero-order valence-electron chi connectivity index (χ0n) is 12.6. The molecule has 0 aromatic carbocycles. The summed E-state index contributed by atoms with van der Waals surface area (Å²) in [6.07, 6.45) is 3.96. The third kappa shape index (κ3) is 4.71. The highest BCUT2D eigenvalue weighted by molar-refractivity contribution is 4.87. The van der Waals surface area contributed by atoms with Gasteiger partial charge in [0.25, 0.3) is 0 Å². The second-order valence-corrected chi connectivity index (χ2v) is 6.61. The van der Waals surface area contributed by atoms with E-state index in [2.05, 4.69) is 29.0 Å². The van der Waals surface area contributed by atoms with Gasteiger partial charge < -0.3 is 15.3 Å². The van der Waals surface area contributed by atoms with Gasteiger partial charge in [-0.3, -0.25) is 4.90 Å². The lowest BCUT2D eigenvalue weighted by molar-refractivity contribution is 0.0687. The minimum Gasteiger partial charge on any atom is -0.395 e. The molecule has 2 aliphatic heterocycles. The van der Waals surface area contributed by atoms with E-state index in [1.54, 1.807) is 0 Å². The Morgan fingerprint density at radius 3 is 2.58 bits per heavy atom. The summed E-state index contributed by atoms with van der Waals surface area (Å²) in [5, 5.41) is 13.1. The molecule has 2 aliphatic rings. The molecule has 0 spiro atoms. The maximum atomic E-state index is 9.53. The van der Waals surface area contributed by atoms with Crippen molar-refractivity contribution in [1.82, 2.24) is 15.1 Å². The van der Waals surface area contributed by atoms with Crippen molar-refractivity contribution < 1.29 is 5.11 Å². The molecule has 0 saturated carbocycles. The molecule has 0 aromatic rings. The average molecular weight is 269 g/mol. The standard InChI is InChI=1S/C15H31N3O/c1-13(2)9-14-11-18(15(12-19)10-16-14)8-7-17-5-3-4-6-17/h13-16,19H,3-12H2,1-2H3. The van der Waals surface area contributed by atoms with E-state index in [4.69, 9.17) is 0 Å². The van der Waals surface area contributed by atoms with Gasteiger partial charge in [0.15, 0.2) is 0 Å². The van der Waals surface area contributed by atoms with Gasteiger partial charge in [-0.15, -0.1) is 0 Å². The maximum Gasteiger partial charge on any atom is 0.0599 e. The van der Waals surface area contributed by atoms with Crippen LogP contribution in [0.2, 0.25) is 0 Å². The molecule has 2 N–H and O–H groups in total. The molecule has 2 unspecified atom stereocenters. The van der Waals surface area contributed by atoms with Crippen LogP contribution in [-0.2, 0) is 0 Å². The summed E-state index contributed by atoms with van der Waals surface area (Å²) < 4.78 is 0. The van der Waals surface area contributed by atoms with Crippen LogP contribution >= 0.6 is 0 Å². The third-order valence-corrected chi connectivity index (χ3v) is 4.48. The highest BCUT2D eigenvalue weighted by Crippen LogP contribution is 2.14. The minimum absolute atomic E-state index is 0.279. The van der Waals surface area contributed by atoms with Crippen LogP contribution in [0.25, 0.3) is 0 Å². The van der Waals surface area contributed by atoms with E-state index in [0.29, 0.717) is 12.1 Å². The summed E-state index contributed by atoms with van der Waals surface area (Å²) in [6.45, 7) is 11.7. The minimum atomic E-state index is 0.279. The van der Waals surface area contributed by atoms with Crippen LogP contribution < -0.4 is 5.32 Å². The molecule has 2 heterocycles. The predicted octanol–water partition coefficient (Wildman–Crippen LogP) is 0.763. The van der Waals surface area contributed by atoms with Crippen LogP contribution in [0.5, 0.6) is 0 Å². The highest BCUT2D eigenvalue weighted by atomic mass is 16.3. The number of aliphatic hydroxyl groups excluding tert-OH is 1. The molecule has 4 nitrogen and oxygen atoms in total. The van der Waals surface area contributed by atoms with Gasteiger partial charge in [0, 0.05) is 38.3 Å². The fourth-order valence-corrected chi connectivity index (χ4v) is 3.39. The lowest BCUT2D eigenvalue weighted by atomic mass is 10.00. The number of aliphatic hydroxyl groups is 1. The van der Waals surface area contributed by atoms with Crippen molar-refractivity contribution in [2.24, 2.45) is 5.92 Å². The summed E-state index contributed by atoms with van der Waals surface area (Å²) in [7, 11) is 0. The summed E-state index contributed by atoms with van der Waals surface area (Å²) in [5.41, 5.74) is 0. The highest BCUT2D eigenvalue weighted by Gasteiger charge is 2.27. The van der Waals surface area contributed by atoms with E-state index in [1.807, 2.05) is 0 Å². The second kappa shape index (κ2) is 7.58. The SMILES string of the molecule is CC(C)CC1CN(CCN2CCCC2)C(CO)CN1. The van der Waals surface area contributed by atoms with Crippen LogP contribution in [0, 0.1) is 5.92 Å². The lowest BCUT2D eigenvalue weighted by Gasteiger charge is -2.40. The number of likely N-dealkylation sites (tertiary alicyclic amines) is 1. The van der Waals surface area contributed by atoms with E-state index in [1.165, 1.54) is 38.9 Å². The molecule has 4 heteroatoms. The lowest BCUT2D eigenvalue weighted by Crippen LogP contribution is -2.59. The normalized spacial score (nSPS) is 30.3. The van der Waals surface area contributed by atoms with Crippen molar-refractivity contribution in [3.8, 4) is 0 Å². The first-order chi connectivity index (χ1) is 9.19. The van der Waals surface area contributed by atoms with Crippen LogP contribution in [0.15, 0.2) is 0 Å². The molecule has 0 bridgehead atoms. The van der Waals surface area contributed by atoms with Crippen LogP contribution in [0.4, 0.5) is 0 Å². The molecule has 2 fully saturated rings. The molecule has 0 aromatic heterocycles. The molecule has 0 amide bonds. The summed E-state index contributed by atoms with van der Waals surface area (Å²) in [6, 6.07) is 0.910. The van der Waals surface area contributed by atoms with Crippen molar-refractivity contribution >= 4 is 0 Å². The molecule has 0 radical (unpaired) electrons. The van der Waals surface area contributed by atoms with Gasteiger partial charge in [-0.05, 0) is 38.3 Å². The largest absolute Gasteiger partial charge is 0.395 e. The predicted molar refractivity (Wildman–Crippen MR) is 79.4 cm³/mol. The Balaban J connectivity index is 1.79. The van der Waals surface area contributed by atoms with E-state index in [-0.39, 0.29) is 6.61 Å². The zero-order chi connectivity index (χ0) is 13.7. The molecule has 19 heavy (non-hydrogen) atoms. The Morgan fingerprint density at radius 1 is 1.21 bits per heavy atom. The van der Waals surface area contributed by atoms with Crippen molar-refractivity contribution in [3.63, 3.8) is 0 Å². The maximum absolute atomic E-state index is 9.53. The van der Waals surface area contributed by atoms with Gasteiger partial charge in [0.2, 0.25) is 0 Å². The van der Waals surface area contributed by atoms with Crippen molar-refractivity contribution in [3.05, 3.63) is 0 Å². The molecule has 2 rings (SSSR count). The monoisotopic (exact) mass is 269 g/mol. The Bertz CT molecular complexity index is 254. The molecule has 112 valence electrons. The quantitative estimate of drug-likeness (QED) is 0.747. The Labute approximate surface area is 118 Å². The average Bonchev–Trinajstić information content (AvgIpc) is 2.89. The first-order valence-electron chi connectivity index (χ1n) is 7.99. The van der Waals surface area contributed by atoms with E-state index >= 15 is 0 Å². The van der Waals surface area contributed by atoms with Crippen molar-refractivity contribution in [2.75, 3.05) is 45.9 Å². The van der Waals surface area contributed by atoms with Gasteiger partial charge in [0.05, 0.1) is 6.61 Å². The van der Waals surface area contributed by atoms with Gasteiger partial charge in [0.1, 0.15) is 0 Å². The number of piperazine rings is 1. The topological polar surface area (TPSA) is 38.7 Å². The van der Waals surface area contributed by atoms with Crippen LogP contribution in [-0.4, -0.2) is 72.9 Å². The Kier molecular flexibility index (Phi) is 6.07. The fourth-order valence-electron chi connectivity index (χ4n) is 3.39. The smallest absolute Gasteiger partial charge is 0.0599 e. The molecule has 2 atom stereocenters. The summed E-state index contributed by atoms with van der Waals surface area (Å²) >= 11 is 0. The Morgan fingerprint density at radius 2 is 1.95 bits per heavy atom. The summed E-state index contributed by atoms with van der Waals surface area (Å²) in [5.74, 6) is 0.739. The number of nitrogens with one attached hydrogen (secondary N) is 1. The number of rotatable bonds is 6. The van der Waals surface area contributed by atoms with Gasteiger partial charge in [-0.25, -0.2) is 0 Å². The zero-order valence-corrected chi connectivity index (χ0v) is 12.6. The summed E-state index contributed by atoms with van der Waals surface area (Å²) in [4.78, 5) is 5.07. The Hall–Kier alpha value is -0.160. The number of hydrogen-bond donors (Lipinski definition) is 2. The first kappa shape index (κ1) is 15.2. The van der Waals surface area contributed by atoms with Gasteiger partial charge >= 0.3 is 0 Å².